The van der Waals surface area contributed by atoms with E-state index in [-0.39, 0.29) is 5.91 Å². The zero-order chi connectivity index (χ0) is 11.8. The molecular formula is C13H16N2O2. The van der Waals surface area contributed by atoms with Crippen molar-refractivity contribution >= 4 is 17.3 Å². The summed E-state index contributed by atoms with van der Waals surface area (Å²) in [6, 6.07) is 3.76. The van der Waals surface area contributed by atoms with E-state index in [0.717, 1.165) is 24.3 Å². The normalized spacial score (nSPS) is 18.5. The summed E-state index contributed by atoms with van der Waals surface area (Å²) in [5.41, 5.74) is 8.56. The number of anilines is 2. The number of benzene rings is 1. The summed E-state index contributed by atoms with van der Waals surface area (Å²) in [5, 5.41) is 2.86. The SMILES string of the molecule is Nc1cc2c(cc1OCC1CC1)NC(=O)CC2. The number of rotatable bonds is 3. The molecule has 1 aromatic carbocycles. The quantitative estimate of drug-likeness (QED) is 0.783. The number of carbonyl (C=O) groups excluding carboxylic acids is 1. The van der Waals surface area contributed by atoms with Crippen molar-refractivity contribution in [2.75, 3.05) is 17.7 Å². The first-order valence-corrected chi connectivity index (χ1v) is 6.07. The smallest absolute Gasteiger partial charge is 0.224 e. The number of hydrogen-bond acceptors (Lipinski definition) is 3. The Labute approximate surface area is 100 Å². The third kappa shape index (κ3) is 2.20. The minimum atomic E-state index is 0.0652. The number of ether oxygens (including phenoxy) is 1. The van der Waals surface area contributed by atoms with Gasteiger partial charge in [-0.25, -0.2) is 0 Å². The number of amides is 1. The second kappa shape index (κ2) is 3.95. The van der Waals surface area contributed by atoms with E-state index < -0.39 is 0 Å². The summed E-state index contributed by atoms with van der Waals surface area (Å²) >= 11 is 0. The van der Waals surface area contributed by atoms with Gasteiger partial charge in [0.15, 0.2) is 0 Å². The van der Waals surface area contributed by atoms with E-state index in [2.05, 4.69) is 5.32 Å². The zero-order valence-corrected chi connectivity index (χ0v) is 9.66. The fourth-order valence-corrected chi connectivity index (χ4v) is 2.04. The highest BCUT2D eigenvalue weighted by atomic mass is 16.5. The summed E-state index contributed by atoms with van der Waals surface area (Å²) in [6.07, 6.45) is 3.80. The lowest BCUT2D eigenvalue weighted by atomic mass is 10.0. The molecule has 0 atom stereocenters. The van der Waals surface area contributed by atoms with Gasteiger partial charge in [0, 0.05) is 18.2 Å². The van der Waals surface area contributed by atoms with E-state index >= 15 is 0 Å². The van der Waals surface area contributed by atoms with Crippen LogP contribution < -0.4 is 15.8 Å². The van der Waals surface area contributed by atoms with E-state index in [1.165, 1.54) is 12.8 Å². The molecule has 3 rings (SSSR count). The Hall–Kier alpha value is -1.71. The highest BCUT2D eigenvalue weighted by Gasteiger charge is 2.23. The summed E-state index contributed by atoms with van der Waals surface area (Å²) in [5.74, 6) is 1.45. The number of nitrogen functional groups attached to an aromatic ring is 1. The summed E-state index contributed by atoms with van der Waals surface area (Å²) in [4.78, 5) is 11.3. The Bertz CT molecular complexity index is 467. The lowest BCUT2D eigenvalue weighted by Gasteiger charge is -2.19. The van der Waals surface area contributed by atoms with Gasteiger partial charge in [-0.1, -0.05) is 0 Å². The maximum Gasteiger partial charge on any atom is 0.224 e. The van der Waals surface area contributed by atoms with Crippen LogP contribution in [-0.4, -0.2) is 12.5 Å². The Kier molecular flexibility index (Phi) is 2.42. The standard InChI is InChI=1S/C13H16N2O2/c14-10-5-9-3-4-13(16)15-11(9)6-12(10)17-7-8-1-2-8/h5-6,8H,1-4,7,14H2,(H,15,16). The molecule has 2 aliphatic rings. The number of fused-ring (bicyclic) bond motifs is 1. The number of hydrogen-bond donors (Lipinski definition) is 2. The molecule has 1 aromatic rings. The van der Waals surface area contributed by atoms with E-state index in [0.29, 0.717) is 23.8 Å². The molecule has 17 heavy (non-hydrogen) atoms. The van der Waals surface area contributed by atoms with Crippen LogP contribution in [0.2, 0.25) is 0 Å². The minimum absolute atomic E-state index is 0.0652. The van der Waals surface area contributed by atoms with Crippen LogP contribution >= 0.6 is 0 Å². The van der Waals surface area contributed by atoms with Crippen LogP contribution in [0, 0.1) is 5.92 Å². The van der Waals surface area contributed by atoms with Crippen molar-refractivity contribution in [2.24, 2.45) is 5.92 Å². The Morgan fingerprint density at radius 1 is 1.35 bits per heavy atom. The van der Waals surface area contributed by atoms with Crippen molar-refractivity contribution < 1.29 is 9.53 Å². The van der Waals surface area contributed by atoms with Crippen LogP contribution in [0.1, 0.15) is 24.8 Å². The largest absolute Gasteiger partial charge is 0.491 e. The summed E-state index contributed by atoms with van der Waals surface area (Å²) < 4.78 is 5.69. The molecule has 1 fully saturated rings. The van der Waals surface area contributed by atoms with Crippen molar-refractivity contribution in [2.45, 2.75) is 25.7 Å². The average Bonchev–Trinajstić information content (AvgIpc) is 3.11. The van der Waals surface area contributed by atoms with Crippen LogP contribution in [-0.2, 0) is 11.2 Å². The molecule has 0 unspecified atom stereocenters. The summed E-state index contributed by atoms with van der Waals surface area (Å²) in [6.45, 7) is 0.733. The van der Waals surface area contributed by atoms with Gasteiger partial charge in [0.2, 0.25) is 5.91 Å². The van der Waals surface area contributed by atoms with E-state index in [9.17, 15) is 4.79 Å². The minimum Gasteiger partial charge on any atom is -0.491 e. The maximum absolute atomic E-state index is 11.3. The van der Waals surface area contributed by atoms with Gasteiger partial charge < -0.3 is 15.8 Å². The number of carbonyl (C=O) groups is 1. The van der Waals surface area contributed by atoms with Gasteiger partial charge in [-0.2, -0.15) is 0 Å². The highest BCUT2D eigenvalue weighted by Crippen LogP contribution is 2.35. The first-order valence-electron chi connectivity index (χ1n) is 6.07. The fourth-order valence-electron chi connectivity index (χ4n) is 2.04. The van der Waals surface area contributed by atoms with Crippen LogP contribution in [0.15, 0.2) is 12.1 Å². The predicted octanol–water partition coefficient (Wildman–Crippen LogP) is 1.94. The van der Waals surface area contributed by atoms with Crippen LogP contribution in [0.25, 0.3) is 0 Å². The molecule has 1 heterocycles. The fraction of sp³-hybridized carbons (Fsp3) is 0.462. The molecule has 4 heteroatoms. The lowest BCUT2D eigenvalue weighted by molar-refractivity contribution is -0.116. The van der Waals surface area contributed by atoms with E-state index in [4.69, 9.17) is 10.5 Å². The summed E-state index contributed by atoms with van der Waals surface area (Å²) in [7, 11) is 0. The molecule has 90 valence electrons. The first-order chi connectivity index (χ1) is 8.22. The van der Waals surface area contributed by atoms with Crippen molar-refractivity contribution in [1.82, 2.24) is 0 Å². The van der Waals surface area contributed by atoms with Gasteiger partial charge in [-0.05, 0) is 36.8 Å². The molecule has 0 radical (unpaired) electrons. The van der Waals surface area contributed by atoms with Gasteiger partial charge in [0.25, 0.3) is 0 Å². The molecule has 1 amide bonds. The van der Waals surface area contributed by atoms with Crippen molar-refractivity contribution in [3.8, 4) is 5.75 Å². The van der Waals surface area contributed by atoms with E-state index in [1.807, 2.05) is 12.1 Å². The van der Waals surface area contributed by atoms with Gasteiger partial charge >= 0.3 is 0 Å². The molecule has 1 aliphatic carbocycles. The highest BCUT2D eigenvalue weighted by molar-refractivity contribution is 5.94. The lowest BCUT2D eigenvalue weighted by Crippen LogP contribution is -2.19. The van der Waals surface area contributed by atoms with Crippen LogP contribution in [0.5, 0.6) is 5.75 Å². The van der Waals surface area contributed by atoms with Crippen LogP contribution in [0.4, 0.5) is 11.4 Å². The van der Waals surface area contributed by atoms with Gasteiger partial charge in [0.1, 0.15) is 5.75 Å². The molecule has 4 nitrogen and oxygen atoms in total. The second-order valence-corrected chi connectivity index (χ2v) is 4.85. The van der Waals surface area contributed by atoms with Gasteiger partial charge in [-0.15, -0.1) is 0 Å². The van der Waals surface area contributed by atoms with Gasteiger partial charge in [0.05, 0.1) is 12.3 Å². The molecule has 0 spiro atoms. The van der Waals surface area contributed by atoms with E-state index in [1.54, 1.807) is 0 Å². The van der Waals surface area contributed by atoms with Crippen molar-refractivity contribution in [1.29, 1.82) is 0 Å². The predicted molar refractivity (Wildman–Crippen MR) is 66.0 cm³/mol. The van der Waals surface area contributed by atoms with Crippen molar-refractivity contribution in [3.63, 3.8) is 0 Å². The topological polar surface area (TPSA) is 64.3 Å². The molecule has 3 N–H and O–H groups in total. The Balaban J connectivity index is 1.82. The Morgan fingerprint density at radius 3 is 2.94 bits per heavy atom. The second-order valence-electron chi connectivity index (χ2n) is 4.85. The molecule has 1 aliphatic heterocycles. The molecular weight excluding hydrogens is 216 g/mol. The first kappa shape index (κ1) is 10.4. The zero-order valence-electron chi connectivity index (χ0n) is 9.66. The van der Waals surface area contributed by atoms with Crippen LogP contribution in [0.3, 0.4) is 0 Å². The third-order valence-corrected chi connectivity index (χ3v) is 3.30. The molecule has 0 bridgehead atoms. The number of nitrogens with one attached hydrogen (secondary N) is 1. The van der Waals surface area contributed by atoms with Gasteiger partial charge in [-0.3, -0.25) is 4.79 Å². The molecule has 0 saturated heterocycles. The molecule has 0 aromatic heterocycles. The Morgan fingerprint density at radius 2 is 2.18 bits per heavy atom. The number of aryl methyl sites for hydroxylation is 1. The maximum atomic E-state index is 11.3. The van der Waals surface area contributed by atoms with Crippen molar-refractivity contribution in [3.05, 3.63) is 17.7 Å². The number of nitrogens with two attached hydrogens (primary N) is 1. The monoisotopic (exact) mass is 232 g/mol. The molecule has 1 saturated carbocycles. The average molecular weight is 232 g/mol. The third-order valence-electron chi connectivity index (χ3n) is 3.30.